The van der Waals surface area contributed by atoms with Crippen LogP contribution < -0.4 is 0 Å². The van der Waals surface area contributed by atoms with Gasteiger partial charge in [0, 0.05) is 22.7 Å². The zero-order chi connectivity index (χ0) is 13.6. The monoisotopic (exact) mass is 284 g/mol. The number of esters is 2. The fraction of sp³-hybridized carbons (Fsp3) is 0.692. The SMILES string of the molecule is C=C(C)C(=O)OCC(=O)OC1C2CC3SOC1C3C2. The third-order valence-electron chi connectivity index (χ3n) is 4.03. The molecule has 2 aliphatic carbocycles. The molecule has 0 aromatic carbocycles. The third kappa shape index (κ3) is 2.27. The Morgan fingerprint density at radius 1 is 1.42 bits per heavy atom. The zero-order valence-electron chi connectivity index (χ0n) is 10.7. The molecule has 1 aliphatic heterocycles. The van der Waals surface area contributed by atoms with Gasteiger partial charge in [-0.3, -0.25) is 0 Å². The first-order valence-corrected chi connectivity index (χ1v) is 7.21. The van der Waals surface area contributed by atoms with Crippen molar-refractivity contribution in [1.29, 1.82) is 0 Å². The number of carbonyl (C=O) groups excluding carboxylic acids is 2. The summed E-state index contributed by atoms with van der Waals surface area (Å²) >= 11 is 1.53. The van der Waals surface area contributed by atoms with Crippen molar-refractivity contribution in [2.24, 2.45) is 11.8 Å². The van der Waals surface area contributed by atoms with E-state index in [2.05, 4.69) is 6.58 Å². The van der Waals surface area contributed by atoms with Crippen molar-refractivity contribution in [1.82, 2.24) is 0 Å². The molecular formula is C13H16O5S. The first kappa shape index (κ1) is 13.0. The quantitative estimate of drug-likeness (QED) is 0.442. The van der Waals surface area contributed by atoms with E-state index in [0.717, 1.165) is 12.8 Å². The third-order valence-corrected chi connectivity index (χ3v) is 5.15. The van der Waals surface area contributed by atoms with Crippen LogP contribution in [0.2, 0.25) is 0 Å². The van der Waals surface area contributed by atoms with E-state index in [4.69, 9.17) is 13.7 Å². The molecule has 19 heavy (non-hydrogen) atoms. The van der Waals surface area contributed by atoms with Crippen molar-refractivity contribution in [3.8, 4) is 0 Å². The van der Waals surface area contributed by atoms with Crippen LogP contribution in [0, 0.1) is 11.8 Å². The molecule has 0 N–H and O–H groups in total. The predicted octanol–water partition coefficient (Wildman–Crippen LogP) is 1.47. The van der Waals surface area contributed by atoms with Gasteiger partial charge in [-0.05, 0) is 31.8 Å². The Morgan fingerprint density at radius 2 is 2.21 bits per heavy atom. The standard InChI is InChI=1S/C13H16O5S/c1-6(2)13(15)16-5-10(14)17-11-7-3-8-9(4-7)19-18-12(8)11/h7-9,11-12H,1,3-5H2,2H3. The molecule has 5 nitrogen and oxygen atoms in total. The summed E-state index contributed by atoms with van der Waals surface area (Å²) < 4.78 is 15.8. The van der Waals surface area contributed by atoms with Crippen molar-refractivity contribution in [3.05, 3.63) is 12.2 Å². The first-order chi connectivity index (χ1) is 9.06. The fourth-order valence-electron chi connectivity index (χ4n) is 3.17. The summed E-state index contributed by atoms with van der Waals surface area (Å²) in [6.45, 7) is 4.63. The highest BCUT2D eigenvalue weighted by Crippen LogP contribution is 2.57. The maximum absolute atomic E-state index is 11.7. The molecule has 1 heterocycles. The molecule has 5 unspecified atom stereocenters. The van der Waals surface area contributed by atoms with Crippen LogP contribution in [0.5, 0.6) is 0 Å². The molecule has 3 aliphatic rings. The summed E-state index contributed by atoms with van der Waals surface area (Å²) in [5.41, 5.74) is 0.270. The maximum Gasteiger partial charge on any atom is 0.344 e. The molecular weight excluding hydrogens is 268 g/mol. The van der Waals surface area contributed by atoms with E-state index in [0.29, 0.717) is 17.1 Å². The normalized spacial score (nSPS) is 38.3. The molecule has 1 saturated heterocycles. The molecule has 5 atom stereocenters. The smallest absolute Gasteiger partial charge is 0.344 e. The molecule has 6 heteroatoms. The largest absolute Gasteiger partial charge is 0.457 e. The summed E-state index contributed by atoms with van der Waals surface area (Å²) in [4.78, 5) is 22.9. The number of hydrogen-bond donors (Lipinski definition) is 0. The van der Waals surface area contributed by atoms with Gasteiger partial charge >= 0.3 is 11.9 Å². The van der Waals surface area contributed by atoms with E-state index in [-0.39, 0.29) is 24.4 Å². The Kier molecular flexibility index (Phi) is 3.30. The van der Waals surface area contributed by atoms with Crippen molar-refractivity contribution >= 4 is 24.0 Å². The molecule has 2 saturated carbocycles. The van der Waals surface area contributed by atoms with Gasteiger partial charge in [-0.25, -0.2) is 9.59 Å². The van der Waals surface area contributed by atoms with Gasteiger partial charge in [0.25, 0.3) is 0 Å². The van der Waals surface area contributed by atoms with Crippen LogP contribution in [0.3, 0.4) is 0 Å². The predicted molar refractivity (Wildman–Crippen MR) is 68.1 cm³/mol. The minimum atomic E-state index is -0.572. The molecule has 0 aromatic rings. The Morgan fingerprint density at radius 3 is 2.95 bits per heavy atom. The molecule has 2 bridgehead atoms. The topological polar surface area (TPSA) is 61.8 Å². The Labute approximate surface area is 115 Å². The maximum atomic E-state index is 11.7. The summed E-state index contributed by atoms with van der Waals surface area (Å²) in [7, 11) is 0. The number of ether oxygens (including phenoxy) is 2. The highest BCUT2D eigenvalue weighted by molar-refractivity contribution is 7.95. The van der Waals surface area contributed by atoms with Crippen LogP contribution in [0.15, 0.2) is 12.2 Å². The van der Waals surface area contributed by atoms with Crippen molar-refractivity contribution in [2.75, 3.05) is 6.61 Å². The van der Waals surface area contributed by atoms with Gasteiger partial charge in [0.2, 0.25) is 0 Å². The van der Waals surface area contributed by atoms with E-state index in [1.54, 1.807) is 0 Å². The second-order valence-electron chi connectivity index (χ2n) is 5.40. The fourth-order valence-corrected chi connectivity index (χ4v) is 4.42. The summed E-state index contributed by atoms with van der Waals surface area (Å²) in [6, 6.07) is 0. The molecule has 0 aromatic heterocycles. The van der Waals surface area contributed by atoms with Gasteiger partial charge in [0.15, 0.2) is 6.61 Å². The van der Waals surface area contributed by atoms with Gasteiger partial charge < -0.3 is 13.7 Å². The second kappa shape index (κ2) is 4.83. The lowest BCUT2D eigenvalue weighted by molar-refractivity contribution is -0.165. The van der Waals surface area contributed by atoms with Gasteiger partial charge in [0.05, 0.1) is 0 Å². The van der Waals surface area contributed by atoms with Crippen LogP contribution in [-0.4, -0.2) is 36.0 Å². The highest BCUT2D eigenvalue weighted by Gasteiger charge is 2.59. The number of hydrogen-bond acceptors (Lipinski definition) is 6. The highest BCUT2D eigenvalue weighted by atomic mass is 32.2. The molecule has 0 radical (unpaired) electrons. The first-order valence-electron chi connectivity index (χ1n) is 6.40. The molecule has 3 rings (SSSR count). The van der Waals surface area contributed by atoms with E-state index in [1.807, 2.05) is 0 Å². The van der Waals surface area contributed by atoms with E-state index in [1.165, 1.54) is 19.0 Å². The van der Waals surface area contributed by atoms with Crippen LogP contribution in [0.4, 0.5) is 0 Å². The number of carbonyl (C=O) groups is 2. The molecule has 0 amide bonds. The van der Waals surface area contributed by atoms with E-state index in [9.17, 15) is 9.59 Å². The lowest BCUT2D eigenvalue weighted by atomic mass is 9.94. The van der Waals surface area contributed by atoms with Crippen molar-refractivity contribution < 1.29 is 23.2 Å². The lowest BCUT2D eigenvalue weighted by Gasteiger charge is -2.25. The summed E-state index contributed by atoms with van der Waals surface area (Å²) in [5, 5.41) is 0.575. The molecule has 0 spiro atoms. The Bertz CT molecular complexity index is 433. The van der Waals surface area contributed by atoms with Gasteiger partial charge in [0.1, 0.15) is 12.2 Å². The van der Waals surface area contributed by atoms with E-state index < -0.39 is 11.9 Å². The van der Waals surface area contributed by atoms with Crippen molar-refractivity contribution in [3.63, 3.8) is 0 Å². The lowest BCUT2D eigenvalue weighted by Crippen LogP contribution is -2.38. The van der Waals surface area contributed by atoms with Gasteiger partial charge in [-0.1, -0.05) is 6.58 Å². The van der Waals surface area contributed by atoms with Crippen molar-refractivity contribution in [2.45, 2.75) is 37.2 Å². The van der Waals surface area contributed by atoms with Crippen LogP contribution in [0.1, 0.15) is 19.8 Å². The van der Waals surface area contributed by atoms with Gasteiger partial charge in [-0.2, -0.15) is 0 Å². The second-order valence-corrected chi connectivity index (χ2v) is 6.39. The molecule has 104 valence electrons. The number of fused-ring (bicyclic) bond motifs is 1. The average molecular weight is 284 g/mol. The summed E-state index contributed by atoms with van der Waals surface area (Å²) in [5.74, 6) is -0.164. The van der Waals surface area contributed by atoms with Crippen LogP contribution in [-0.2, 0) is 23.2 Å². The Balaban J connectivity index is 1.51. The zero-order valence-corrected chi connectivity index (χ0v) is 11.5. The van der Waals surface area contributed by atoms with Crippen LogP contribution >= 0.6 is 12.0 Å². The minimum absolute atomic E-state index is 0.0227. The van der Waals surface area contributed by atoms with Gasteiger partial charge in [-0.15, -0.1) is 0 Å². The Hall–Kier alpha value is -1.01. The molecule has 3 fully saturated rings. The average Bonchev–Trinajstić information content (AvgIpc) is 2.97. The minimum Gasteiger partial charge on any atom is -0.457 e. The summed E-state index contributed by atoms with van der Waals surface area (Å²) in [6.07, 6.45) is 1.98. The van der Waals surface area contributed by atoms with Crippen LogP contribution in [0.25, 0.3) is 0 Å². The van der Waals surface area contributed by atoms with E-state index >= 15 is 0 Å². The number of rotatable bonds is 4.